The van der Waals surface area contributed by atoms with E-state index in [2.05, 4.69) is 63.1 Å². The summed E-state index contributed by atoms with van der Waals surface area (Å²) in [6.07, 6.45) is 15.5. The van der Waals surface area contributed by atoms with Gasteiger partial charge in [-0.2, -0.15) is 0 Å². The van der Waals surface area contributed by atoms with Crippen LogP contribution in [0.3, 0.4) is 0 Å². The average Bonchev–Trinajstić information content (AvgIpc) is 1.89. The van der Waals surface area contributed by atoms with Gasteiger partial charge in [-0.1, -0.05) is 133 Å². The van der Waals surface area contributed by atoms with Gasteiger partial charge in [0.1, 0.15) is 35.2 Å². The summed E-state index contributed by atoms with van der Waals surface area (Å²) in [5.74, 6) is 7.88. The zero-order valence-electron chi connectivity index (χ0n) is 59.0. The lowest BCUT2D eigenvalue weighted by atomic mass is 9.86. The Morgan fingerprint density at radius 1 is 0.579 bits per heavy atom. The molecule has 13 N–H and O–H groups in total. The van der Waals surface area contributed by atoms with Crippen molar-refractivity contribution in [2.45, 2.75) is 253 Å². The van der Waals surface area contributed by atoms with Gasteiger partial charge < -0.3 is 30.6 Å². The maximum absolute atomic E-state index is 13.8. The summed E-state index contributed by atoms with van der Waals surface area (Å²) >= 11 is 0. The van der Waals surface area contributed by atoms with Crippen LogP contribution in [0.25, 0.3) is 10.9 Å². The summed E-state index contributed by atoms with van der Waals surface area (Å²) in [7, 11) is 0. The number of aliphatic hydroxyl groups excluding tert-OH is 1. The summed E-state index contributed by atoms with van der Waals surface area (Å²) in [6.45, 7) is 24.2. The van der Waals surface area contributed by atoms with E-state index in [4.69, 9.17) is 11.7 Å². The molecule has 3 aromatic carbocycles. The second-order valence-corrected chi connectivity index (χ2v) is 26.7. The summed E-state index contributed by atoms with van der Waals surface area (Å²) < 4.78 is 0. The Labute approximate surface area is 564 Å². The number of amides is 2. The molecule has 0 spiro atoms. The third kappa shape index (κ3) is 30.2. The minimum Gasteiger partial charge on any atom is -0.508 e. The van der Waals surface area contributed by atoms with E-state index in [1.165, 1.54) is 46.8 Å². The smallest absolute Gasteiger partial charge is 0.239 e. The van der Waals surface area contributed by atoms with E-state index in [1.54, 1.807) is 32.9 Å². The number of nitrogens with two attached hydrogens (primary N) is 2. The molecule has 95 heavy (non-hydrogen) atoms. The Bertz CT molecular complexity index is 3100. The zero-order valence-corrected chi connectivity index (χ0v) is 59.0. The Balaban J connectivity index is 0.000000708. The number of aliphatic hydroxyl groups is 1. The van der Waals surface area contributed by atoms with Gasteiger partial charge in [0.2, 0.25) is 34.9 Å². The number of carbonyl (C=O) groups is 10. The van der Waals surface area contributed by atoms with Crippen LogP contribution in [0, 0.1) is 17.8 Å². The van der Waals surface area contributed by atoms with Crippen LogP contribution in [0.2, 0.25) is 0 Å². The van der Waals surface area contributed by atoms with Gasteiger partial charge in [-0.25, -0.2) is 10.9 Å². The molecule has 4 rings (SSSR count). The molecular weight excluding hydrogens is 1210 g/mol. The van der Waals surface area contributed by atoms with Crippen LogP contribution in [0.5, 0.6) is 5.75 Å². The molecule has 1 unspecified atom stereocenters. The number of aromatic nitrogens is 1. The number of hydrogen-bond acceptors (Lipinski definition) is 18. The lowest BCUT2D eigenvalue weighted by Gasteiger charge is -2.34. The maximum atomic E-state index is 13.8. The van der Waals surface area contributed by atoms with Crippen LogP contribution in [-0.2, 0) is 67.2 Å². The number of hydrazine groups is 2. The quantitative estimate of drug-likeness (QED) is 0.00649. The lowest BCUT2D eigenvalue weighted by molar-refractivity contribution is -0.142. The number of hydrogen-bond donors (Lipinski definition) is 11. The molecular formula is C74H113N9O12. The molecule has 10 atom stereocenters. The molecule has 0 aliphatic heterocycles. The molecule has 0 radical (unpaired) electrons. The largest absolute Gasteiger partial charge is 0.508 e. The van der Waals surface area contributed by atoms with E-state index in [-0.39, 0.29) is 65.9 Å². The average molecular weight is 1320 g/mol. The van der Waals surface area contributed by atoms with Crippen molar-refractivity contribution >= 4 is 69.0 Å². The van der Waals surface area contributed by atoms with Crippen LogP contribution < -0.4 is 43.8 Å². The molecule has 1 aromatic heterocycles. The topological polar surface area (TPSA) is 351 Å². The Hall–Kier alpha value is -7.24. The molecule has 0 fully saturated rings. The predicted octanol–water partition coefficient (Wildman–Crippen LogP) is 8.57. The number of aromatic hydroxyl groups is 1. The molecule has 0 bridgehead atoms. The summed E-state index contributed by atoms with van der Waals surface area (Å²) in [5, 5.41) is 32.8. The third-order valence-electron chi connectivity index (χ3n) is 17.1. The standard InChI is InChI=1S/C47H79N5O7.C24H28N4O4.C3H6O/c1-11-38(27-26-32(2)3)44(58)51-47(10,36(8)55)29-23-18-16-14-12-13-15-17-22-28-46(9,35(7)54)50-39(30-33(4)5)42(56)43(57)41(34(6)53)49-45(59)40(52-48)31-37-24-20-19-21-25-37;1-14(23(31)24(32)22(28-25)11-16-7-9-18(30)10-8-16)27-21(15(2)29)12-17-13-26-20-6-4-3-5-19(17)20;1-3(2)4/h14,16,19-21,24-25,32-34,38-41,50,52-53H,11-13,15,17-18,22-23,26-31,48H2,1-10H3,(H,49,59)(H,51,58);3-10,13-14,21-22,26-28,30H,11-12,25H2,1-2H3;1-2H3/b16-14-;;/t34-,38+,39+,40+,41+,46-,47+;14?,21-,22-;/m10./s1. The number of carbonyl (C=O) groups excluding carboxylic acids is 10. The van der Waals surface area contributed by atoms with Crippen molar-refractivity contribution in [2.24, 2.45) is 29.4 Å². The van der Waals surface area contributed by atoms with Crippen LogP contribution in [0.4, 0.5) is 0 Å². The number of benzene rings is 3. The highest BCUT2D eigenvalue weighted by Crippen LogP contribution is 2.25. The minimum atomic E-state index is -1.50. The highest BCUT2D eigenvalue weighted by Gasteiger charge is 2.41. The fraction of sp³-hybridized carbons (Fsp3) is 0.568. The van der Waals surface area contributed by atoms with Crippen molar-refractivity contribution in [3.63, 3.8) is 0 Å². The van der Waals surface area contributed by atoms with Gasteiger partial charge in [0.05, 0.1) is 41.3 Å². The van der Waals surface area contributed by atoms with E-state index in [0.29, 0.717) is 25.2 Å². The first kappa shape index (κ1) is 83.8. The summed E-state index contributed by atoms with van der Waals surface area (Å²) in [5.41, 5.74) is 6.42. The van der Waals surface area contributed by atoms with Gasteiger partial charge in [-0.3, -0.25) is 65.5 Å². The first-order valence-corrected chi connectivity index (χ1v) is 33.7. The van der Waals surface area contributed by atoms with E-state index >= 15 is 0 Å². The number of nitrogens with one attached hydrogen (secondary N) is 7. The number of aromatic amines is 1. The molecule has 0 saturated carbocycles. The van der Waals surface area contributed by atoms with E-state index in [9.17, 15) is 58.2 Å². The maximum Gasteiger partial charge on any atom is 0.239 e. The van der Waals surface area contributed by atoms with Gasteiger partial charge in [0, 0.05) is 23.0 Å². The number of fused-ring (bicyclic) bond motifs is 1. The van der Waals surface area contributed by atoms with Crippen molar-refractivity contribution in [2.75, 3.05) is 0 Å². The summed E-state index contributed by atoms with van der Waals surface area (Å²) in [4.78, 5) is 130. The van der Waals surface area contributed by atoms with Gasteiger partial charge in [0.15, 0.2) is 5.78 Å². The van der Waals surface area contributed by atoms with Crippen molar-refractivity contribution in [1.29, 1.82) is 0 Å². The van der Waals surface area contributed by atoms with Gasteiger partial charge >= 0.3 is 0 Å². The molecule has 4 aromatic rings. The summed E-state index contributed by atoms with van der Waals surface area (Å²) in [6, 6.07) is 17.5. The number of ketones is 8. The monoisotopic (exact) mass is 1320 g/mol. The Morgan fingerprint density at radius 3 is 1.66 bits per heavy atom. The Kier molecular flexibility index (Phi) is 38.0. The first-order valence-electron chi connectivity index (χ1n) is 33.7. The fourth-order valence-electron chi connectivity index (χ4n) is 10.9. The number of Topliss-reactive ketones (excluding diaryl/α,β-unsaturated/α-hetero) is 8. The van der Waals surface area contributed by atoms with E-state index in [0.717, 1.165) is 91.8 Å². The molecule has 526 valence electrons. The number of phenols is 1. The highest BCUT2D eigenvalue weighted by molar-refractivity contribution is 6.41. The minimum absolute atomic E-state index is 0.00211. The van der Waals surface area contributed by atoms with Gasteiger partial charge in [0.25, 0.3) is 0 Å². The number of H-pyrrole nitrogens is 1. The zero-order chi connectivity index (χ0) is 71.6. The molecule has 1 heterocycles. The SMILES string of the molecule is CC(=O)[C@H](Cc1c[nH]c2ccccc12)NC(C)C(=O)C(=O)[C@H](Cc1ccc(O)cc1)NN.CC(C)=O.CC[C@@H](CCC(C)C)C(=O)N[C@@](C)(CCC/C=C\CCCCCC[C@@](C)(N[C@@H](CC(C)C)C(=O)C(=O)[C@@H](NC(=O)[C@H](Cc1ccccc1)NN)[C@@H](C)O)C(C)=O)C(C)=O. The Morgan fingerprint density at radius 2 is 1.12 bits per heavy atom. The molecule has 2 amide bonds. The van der Waals surface area contributed by atoms with Gasteiger partial charge in [-0.15, -0.1) is 0 Å². The van der Waals surface area contributed by atoms with E-state index < -0.39 is 82.5 Å². The van der Waals surface area contributed by atoms with Crippen molar-refractivity contribution in [3.8, 4) is 5.75 Å². The van der Waals surface area contributed by atoms with Crippen molar-refractivity contribution in [3.05, 3.63) is 114 Å². The third-order valence-corrected chi connectivity index (χ3v) is 17.1. The van der Waals surface area contributed by atoms with Crippen molar-refractivity contribution in [1.82, 2.24) is 37.1 Å². The van der Waals surface area contributed by atoms with Crippen molar-refractivity contribution < 1.29 is 58.2 Å². The second kappa shape index (κ2) is 43.0. The van der Waals surface area contributed by atoms with Crippen LogP contribution in [-0.4, -0.2) is 127 Å². The molecule has 0 aliphatic rings. The molecule has 0 aliphatic carbocycles. The second-order valence-electron chi connectivity index (χ2n) is 26.7. The highest BCUT2D eigenvalue weighted by atomic mass is 16.3. The van der Waals surface area contributed by atoms with Gasteiger partial charge in [-0.05, 0) is 186 Å². The molecule has 0 saturated heterocycles. The number of allylic oxidation sites excluding steroid dienone is 2. The normalized spacial score (nSPS) is 15.2. The molecule has 21 nitrogen and oxygen atoms in total. The van der Waals surface area contributed by atoms with Crippen LogP contribution >= 0.6 is 0 Å². The predicted molar refractivity (Wildman–Crippen MR) is 374 cm³/mol. The lowest BCUT2D eigenvalue weighted by Crippen LogP contribution is -2.61. The molecule has 21 heteroatoms. The van der Waals surface area contributed by atoms with E-state index in [1.807, 2.05) is 88.5 Å². The number of phenolic OH excluding ortho intramolecular Hbond substituents is 1. The van der Waals surface area contributed by atoms with Crippen LogP contribution in [0.1, 0.15) is 197 Å². The fourth-order valence-corrected chi connectivity index (χ4v) is 10.9. The number of para-hydroxylation sites is 1. The first-order chi connectivity index (χ1) is 44.7. The number of unbranched alkanes of at least 4 members (excludes halogenated alkanes) is 5. The van der Waals surface area contributed by atoms with Crippen LogP contribution in [0.15, 0.2) is 97.2 Å². The number of rotatable bonds is 43.